The summed E-state index contributed by atoms with van der Waals surface area (Å²) in [7, 11) is 0. The Morgan fingerprint density at radius 2 is 1.80 bits per heavy atom. The van der Waals surface area contributed by atoms with Crippen LogP contribution in [0.15, 0.2) is 72.8 Å². The molecular weight excluding hydrogens is 594 g/mol. The molecular formula is C29H28Cl2FN2O6S-. The predicted molar refractivity (Wildman–Crippen MR) is 152 cm³/mol. The second-order valence-corrected chi connectivity index (χ2v) is 11.5. The molecule has 1 saturated heterocycles. The van der Waals surface area contributed by atoms with Gasteiger partial charge in [0.2, 0.25) is 0 Å². The summed E-state index contributed by atoms with van der Waals surface area (Å²) < 4.78 is 46.3. The van der Waals surface area contributed by atoms with Crippen LogP contribution in [0, 0.1) is 5.82 Å². The van der Waals surface area contributed by atoms with E-state index in [1.165, 1.54) is 23.1 Å². The van der Waals surface area contributed by atoms with Crippen molar-refractivity contribution in [3.05, 3.63) is 105 Å². The van der Waals surface area contributed by atoms with Crippen molar-refractivity contribution in [2.75, 3.05) is 6.54 Å². The van der Waals surface area contributed by atoms with Crippen LogP contribution in [0.4, 0.5) is 4.39 Å². The first-order valence-corrected chi connectivity index (χ1v) is 14.7. The third-order valence-corrected chi connectivity index (χ3v) is 8.16. The van der Waals surface area contributed by atoms with Crippen LogP contribution in [-0.4, -0.2) is 53.6 Å². The number of ether oxygens (including phenoxy) is 1. The summed E-state index contributed by atoms with van der Waals surface area (Å²) in [4.78, 5) is 27.2. The minimum atomic E-state index is -2.76. The molecule has 0 aromatic heterocycles. The average molecular weight is 623 g/mol. The van der Waals surface area contributed by atoms with Gasteiger partial charge in [-0.1, -0.05) is 72.6 Å². The molecule has 1 heterocycles. The predicted octanol–water partition coefficient (Wildman–Crippen LogP) is 5.69. The molecule has 1 aliphatic rings. The standard InChI is InChI=1S/C29H29Cl2FN2O6S/c1-2-23(17-33(41(38)39)16-20-6-3-4-9-24(20)32)34-27(18-10-12-21(30)13-11-18)28(19-7-5-8-22(31)14-19)40-25(29(34)37)15-26(35)36/h3-14,23,25,27-28H,2,15-17H2,1H3,(H,35,36)(H,38,39)/p-1/t23-,25-,27+,28+/m0/s1. The molecule has 0 spiro atoms. The maximum atomic E-state index is 14.4. The van der Waals surface area contributed by atoms with Gasteiger partial charge in [0.05, 0.1) is 12.5 Å². The van der Waals surface area contributed by atoms with Crippen LogP contribution in [0.5, 0.6) is 0 Å². The Balaban J connectivity index is 1.81. The SMILES string of the molecule is CC[C@@H](CN(Cc1ccccc1F)S(=O)[O-])N1C(=O)[C@H](CC(=O)O)O[C@H](c2cccc(Cl)c2)[C@H]1c1ccc(Cl)cc1. The van der Waals surface area contributed by atoms with E-state index in [2.05, 4.69) is 0 Å². The summed E-state index contributed by atoms with van der Waals surface area (Å²) in [6.07, 6.45) is -2.47. The summed E-state index contributed by atoms with van der Waals surface area (Å²) >= 11 is 9.69. The number of benzene rings is 3. The number of carbonyl (C=O) groups excluding carboxylic acids is 1. The van der Waals surface area contributed by atoms with Crippen LogP contribution in [0.25, 0.3) is 0 Å². The molecule has 1 aliphatic heterocycles. The molecule has 1 fully saturated rings. The molecule has 12 heteroatoms. The molecule has 3 aromatic carbocycles. The normalized spacial score (nSPS) is 20.7. The Hall–Kier alpha value is -2.86. The highest BCUT2D eigenvalue weighted by Crippen LogP contribution is 2.44. The zero-order chi connectivity index (χ0) is 29.7. The summed E-state index contributed by atoms with van der Waals surface area (Å²) in [6.45, 7) is 1.38. The number of hydrogen-bond donors (Lipinski definition) is 1. The van der Waals surface area contributed by atoms with E-state index in [9.17, 15) is 27.8 Å². The topological polar surface area (TPSA) is 110 Å². The molecule has 218 valence electrons. The van der Waals surface area contributed by atoms with Crippen molar-refractivity contribution in [1.82, 2.24) is 9.21 Å². The van der Waals surface area contributed by atoms with E-state index in [1.54, 1.807) is 61.5 Å². The summed E-state index contributed by atoms with van der Waals surface area (Å²) in [5.41, 5.74) is 1.43. The molecule has 0 aliphatic carbocycles. The first kappa shape index (κ1) is 31.1. The van der Waals surface area contributed by atoms with Crippen molar-refractivity contribution in [2.45, 2.75) is 50.6 Å². The van der Waals surface area contributed by atoms with E-state index < -0.39 is 59.7 Å². The van der Waals surface area contributed by atoms with Crippen molar-refractivity contribution < 1.29 is 32.6 Å². The van der Waals surface area contributed by atoms with Crippen LogP contribution in [0.1, 0.15) is 48.6 Å². The van der Waals surface area contributed by atoms with Gasteiger partial charge in [0.1, 0.15) is 18.0 Å². The Bertz CT molecular complexity index is 1410. The lowest BCUT2D eigenvalue weighted by Gasteiger charge is -2.48. The minimum Gasteiger partial charge on any atom is -0.760 e. The summed E-state index contributed by atoms with van der Waals surface area (Å²) in [6, 6.07) is 18.0. The molecule has 1 unspecified atom stereocenters. The number of rotatable bonds is 11. The highest BCUT2D eigenvalue weighted by atomic mass is 35.5. The van der Waals surface area contributed by atoms with Crippen molar-refractivity contribution in [3.63, 3.8) is 0 Å². The van der Waals surface area contributed by atoms with Gasteiger partial charge in [0.15, 0.2) is 0 Å². The molecule has 8 nitrogen and oxygen atoms in total. The number of halogens is 3. The first-order valence-electron chi connectivity index (χ1n) is 12.9. The molecule has 0 saturated carbocycles. The van der Waals surface area contributed by atoms with Gasteiger partial charge in [0, 0.05) is 46.0 Å². The fourth-order valence-corrected chi connectivity index (χ4v) is 5.91. The first-order chi connectivity index (χ1) is 19.6. The number of nitrogens with zero attached hydrogens (tertiary/aromatic N) is 2. The van der Waals surface area contributed by atoms with Gasteiger partial charge in [0.25, 0.3) is 5.91 Å². The van der Waals surface area contributed by atoms with Crippen molar-refractivity contribution in [2.24, 2.45) is 0 Å². The monoisotopic (exact) mass is 621 g/mol. The maximum Gasteiger partial charge on any atom is 0.306 e. The van der Waals surface area contributed by atoms with E-state index in [0.717, 1.165) is 4.31 Å². The van der Waals surface area contributed by atoms with Gasteiger partial charge < -0.3 is 19.3 Å². The van der Waals surface area contributed by atoms with E-state index in [1.807, 2.05) is 0 Å². The number of carboxylic acid groups (broad SMARTS) is 1. The zero-order valence-corrected chi connectivity index (χ0v) is 24.3. The lowest BCUT2D eigenvalue weighted by atomic mass is 9.89. The Morgan fingerprint density at radius 3 is 2.41 bits per heavy atom. The van der Waals surface area contributed by atoms with E-state index in [0.29, 0.717) is 27.6 Å². The van der Waals surface area contributed by atoms with Crippen molar-refractivity contribution in [3.8, 4) is 0 Å². The zero-order valence-electron chi connectivity index (χ0n) is 22.0. The van der Waals surface area contributed by atoms with Crippen LogP contribution in [0.2, 0.25) is 10.0 Å². The van der Waals surface area contributed by atoms with E-state index in [-0.39, 0.29) is 18.7 Å². The molecule has 1 amide bonds. The largest absolute Gasteiger partial charge is 0.760 e. The molecule has 5 atom stereocenters. The maximum absolute atomic E-state index is 14.4. The van der Waals surface area contributed by atoms with Crippen LogP contribution in [0.3, 0.4) is 0 Å². The number of aliphatic carboxylic acids is 1. The molecule has 0 bridgehead atoms. The average Bonchev–Trinajstić information content (AvgIpc) is 2.93. The fraction of sp³-hybridized carbons (Fsp3) is 0.310. The van der Waals surface area contributed by atoms with Gasteiger partial charge in [-0.2, -0.15) is 0 Å². The van der Waals surface area contributed by atoms with Crippen LogP contribution in [-0.2, 0) is 32.1 Å². The van der Waals surface area contributed by atoms with Gasteiger partial charge in [-0.25, -0.2) is 8.70 Å². The fourth-order valence-electron chi connectivity index (χ4n) is 5.04. The minimum absolute atomic E-state index is 0.168. The Labute approximate surface area is 250 Å². The smallest absolute Gasteiger partial charge is 0.306 e. The van der Waals surface area contributed by atoms with Gasteiger partial charge in [-0.15, -0.1) is 0 Å². The number of hydrogen-bond acceptors (Lipinski definition) is 5. The molecule has 0 radical (unpaired) electrons. The number of morpholine rings is 1. The number of carboxylic acids is 1. The molecule has 1 N–H and O–H groups in total. The second-order valence-electron chi connectivity index (χ2n) is 9.63. The Kier molecular flexibility index (Phi) is 10.5. The highest BCUT2D eigenvalue weighted by Gasteiger charge is 2.47. The lowest BCUT2D eigenvalue weighted by molar-refractivity contribution is -0.183. The molecule has 3 aromatic rings. The van der Waals surface area contributed by atoms with Gasteiger partial charge in [-0.3, -0.25) is 13.8 Å². The van der Waals surface area contributed by atoms with Crippen molar-refractivity contribution in [1.29, 1.82) is 0 Å². The lowest BCUT2D eigenvalue weighted by Crippen LogP contribution is -2.57. The van der Waals surface area contributed by atoms with E-state index >= 15 is 0 Å². The quantitative estimate of drug-likeness (QED) is 0.275. The third kappa shape index (κ3) is 7.51. The third-order valence-electron chi connectivity index (χ3n) is 6.97. The van der Waals surface area contributed by atoms with Gasteiger partial charge >= 0.3 is 5.97 Å². The summed E-state index contributed by atoms with van der Waals surface area (Å²) in [5.74, 6) is -2.38. The second kappa shape index (κ2) is 13.9. The number of carbonyl (C=O) groups is 2. The van der Waals surface area contributed by atoms with Crippen molar-refractivity contribution >= 4 is 46.3 Å². The van der Waals surface area contributed by atoms with Crippen LogP contribution >= 0.6 is 23.2 Å². The molecule has 4 rings (SSSR count). The van der Waals surface area contributed by atoms with Gasteiger partial charge in [-0.05, 0) is 47.9 Å². The molecule has 41 heavy (non-hydrogen) atoms. The van der Waals surface area contributed by atoms with Crippen LogP contribution < -0.4 is 0 Å². The number of amides is 1. The highest BCUT2D eigenvalue weighted by molar-refractivity contribution is 7.76. The van der Waals surface area contributed by atoms with E-state index in [4.69, 9.17) is 27.9 Å². The summed E-state index contributed by atoms with van der Waals surface area (Å²) in [5, 5.41) is 10.5. The Morgan fingerprint density at radius 1 is 1.10 bits per heavy atom.